The summed E-state index contributed by atoms with van der Waals surface area (Å²) in [5, 5.41) is 6.61. The Morgan fingerprint density at radius 1 is 1.14 bits per heavy atom. The fourth-order valence-corrected chi connectivity index (χ4v) is 3.79. The van der Waals surface area contributed by atoms with Gasteiger partial charge >= 0.3 is 5.97 Å². The molecular formula is C22H34N4O3. The number of methoxy groups -OCH3 is 1. The predicted molar refractivity (Wildman–Crippen MR) is 115 cm³/mol. The number of carbonyl (C=O) groups excluding carboxylic acids is 2. The van der Waals surface area contributed by atoms with Crippen molar-refractivity contribution in [3.05, 3.63) is 35.4 Å². The van der Waals surface area contributed by atoms with Gasteiger partial charge in [-0.15, -0.1) is 0 Å². The molecule has 2 rings (SSSR count). The monoisotopic (exact) mass is 402 g/mol. The number of hydrogen-bond acceptors (Lipinski definition) is 4. The third kappa shape index (κ3) is 6.21. The normalized spacial score (nSPS) is 15.7. The van der Waals surface area contributed by atoms with Crippen LogP contribution in [0.2, 0.25) is 0 Å². The summed E-state index contributed by atoms with van der Waals surface area (Å²) in [7, 11) is 5.02. The van der Waals surface area contributed by atoms with E-state index in [4.69, 9.17) is 9.73 Å². The molecule has 1 saturated carbocycles. The number of ether oxygens (including phenoxy) is 1. The molecule has 7 nitrogen and oxygen atoms in total. The van der Waals surface area contributed by atoms with Crippen LogP contribution in [0.5, 0.6) is 0 Å². The molecule has 0 spiro atoms. The number of aliphatic imine (C=N–C) groups is 1. The lowest BCUT2D eigenvalue weighted by atomic mass is 9.85. The van der Waals surface area contributed by atoms with Gasteiger partial charge in [0.05, 0.1) is 24.6 Å². The fraction of sp³-hybridized carbons (Fsp3) is 0.591. The number of rotatable bonds is 8. The molecule has 1 aromatic rings. The van der Waals surface area contributed by atoms with Crippen molar-refractivity contribution in [1.29, 1.82) is 0 Å². The van der Waals surface area contributed by atoms with Crippen LogP contribution >= 0.6 is 0 Å². The molecule has 1 aromatic carbocycles. The highest BCUT2D eigenvalue weighted by atomic mass is 16.5. The summed E-state index contributed by atoms with van der Waals surface area (Å²) in [5.74, 6) is 0.584. The van der Waals surface area contributed by atoms with Crippen LogP contribution in [-0.2, 0) is 16.0 Å². The summed E-state index contributed by atoms with van der Waals surface area (Å²) in [6, 6.07) is 7.41. The van der Waals surface area contributed by atoms with E-state index >= 15 is 0 Å². The van der Waals surface area contributed by atoms with Crippen LogP contribution in [0.1, 0.15) is 48.5 Å². The van der Waals surface area contributed by atoms with E-state index in [0.29, 0.717) is 18.7 Å². The Balaban J connectivity index is 1.95. The van der Waals surface area contributed by atoms with Crippen molar-refractivity contribution in [3.8, 4) is 0 Å². The molecule has 0 aliphatic heterocycles. The fourth-order valence-electron chi connectivity index (χ4n) is 3.79. The molecule has 1 aliphatic rings. The van der Waals surface area contributed by atoms with Crippen molar-refractivity contribution >= 4 is 17.8 Å². The highest BCUT2D eigenvalue weighted by Gasteiger charge is 2.42. The molecule has 2 N–H and O–H groups in total. The number of amides is 1. The molecule has 1 amide bonds. The van der Waals surface area contributed by atoms with Gasteiger partial charge in [-0.05, 0) is 43.9 Å². The van der Waals surface area contributed by atoms with Gasteiger partial charge < -0.3 is 20.3 Å². The van der Waals surface area contributed by atoms with Crippen LogP contribution in [-0.4, -0.2) is 63.6 Å². The smallest absolute Gasteiger partial charge is 0.337 e. The van der Waals surface area contributed by atoms with Gasteiger partial charge in [0.2, 0.25) is 5.91 Å². The van der Waals surface area contributed by atoms with Crippen LogP contribution in [0.25, 0.3) is 0 Å². The molecular weight excluding hydrogens is 368 g/mol. The van der Waals surface area contributed by atoms with E-state index in [9.17, 15) is 9.59 Å². The van der Waals surface area contributed by atoms with Gasteiger partial charge in [0.1, 0.15) is 0 Å². The van der Waals surface area contributed by atoms with Gasteiger partial charge in [-0.25, -0.2) is 4.79 Å². The summed E-state index contributed by atoms with van der Waals surface area (Å²) in [4.78, 5) is 30.7. The first kappa shape index (κ1) is 22.7. The SMILES string of the molecule is CCNC(=NCC1(C(=O)N(C)C)CCCC1)NCCc1ccc(C(=O)OC)cc1. The highest BCUT2D eigenvalue weighted by Crippen LogP contribution is 2.39. The van der Waals surface area contributed by atoms with Crippen LogP contribution in [0, 0.1) is 5.41 Å². The van der Waals surface area contributed by atoms with E-state index in [0.717, 1.165) is 50.2 Å². The standard InChI is InChI=1S/C22H34N4O3/c1-5-23-21(25-16-22(13-6-7-14-22)20(28)26(2)3)24-15-12-17-8-10-18(11-9-17)19(27)29-4/h8-11H,5-7,12-16H2,1-4H3,(H2,23,24,25). The first-order chi connectivity index (χ1) is 13.9. The van der Waals surface area contributed by atoms with Crippen molar-refractivity contribution in [2.24, 2.45) is 10.4 Å². The molecule has 0 aromatic heterocycles. The third-order valence-corrected chi connectivity index (χ3v) is 5.39. The molecule has 7 heteroatoms. The number of nitrogens with one attached hydrogen (secondary N) is 2. The quantitative estimate of drug-likeness (QED) is 0.396. The molecule has 0 radical (unpaired) electrons. The van der Waals surface area contributed by atoms with Gasteiger partial charge in [0, 0.05) is 27.2 Å². The molecule has 1 fully saturated rings. The van der Waals surface area contributed by atoms with Gasteiger partial charge in [-0.1, -0.05) is 25.0 Å². The first-order valence-corrected chi connectivity index (χ1v) is 10.3. The summed E-state index contributed by atoms with van der Waals surface area (Å²) >= 11 is 0. The number of carbonyl (C=O) groups is 2. The first-order valence-electron chi connectivity index (χ1n) is 10.3. The molecule has 0 heterocycles. The Morgan fingerprint density at radius 2 is 1.79 bits per heavy atom. The predicted octanol–water partition coefficient (Wildman–Crippen LogP) is 2.22. The summed E-state index contributed by atoms with van der Waals surface area (Å²) in [6.45, 7) is 4.00. The molecule has 160 valence electrons. The minimum absolute atomic E-state index is 0.181. The lowest BCUT2D eigenvalue weighted by Gasteiger charge is -2.29. The van der Waals surface area contributed by atoms with Crippen molar-refractivity contribution < 1.29 is 14.3 Å². The van der Waals surface area contributed by atoms with E-state index in [-0.39, 0.29) is 17.3 Å². The second-order valence-electron chi connectivity index (χ2n) is 7.75. The van der Waals surface area contributed by atoms with Crippen LogP contribution < -0.4 is 10.6 Å². The second-order valence-corrected chi connectivity index (χ2v) is 7.75. The minimum Gasteiger partial charge on any atom is -0.465 e. The van der Waals surface area contributed by atoms with E-state index < -0.39 is 0 Å². The van der Waals surface area contributed by atoms with Gasteiger partial charge in [0.15, 0.2) is 5.96 Å². The lowest BCUT2D eigenvalue weighted by Crippen LogP contribution is -2.43. The Kier molecular flexibility index (Phi) is 8.49. The maximum Gasteiger partial charge on any atom is 0.337 e. The van der Waals surface area contributed by atoms with Crippen molar-refractivity contribution in [3.63, 3.8) is 0 Å². The zero-order chi connectivity index (χ0) is 21.3. The number of hydrogen-bond donors (Lipinski definition) is 2. The molecule has 29 heavy (non-hydrogen) atoms. The summed E-state index contributed by atoms with van der Waals surface area (Å²) in [6.07, 6.45) is 4.77. The molecule has 0 unspecified atom stereocenters. The van der Waals surface area contributed by atoms with Gasteiger partial charge in [-0.3, -0.25) is 9.79 Å². The third-order valence-electron chi connectivity index (χ3n) is 5.39. The van der Waals surface area contributed by atoms with E-state index in [1.807, 2.05) is 33.2 Å². The Bertz CT molecular complexity index is 707. The molecule has 0 bridgehead atoms. The van der Waals surface area contributed by atoms with E-state index in [1.165, 1.54) is 7.11 Å². The minimum atomic E-state index is -0.366. The maximum atomic E-state index is 12.7. The largest absolute Gasteiger partial charge is 0.465 e. The Labute approximate surface area is 173 Å². The van der Waals surface area contributed by atoms with Crippen LogP contribution in [0.4, 0.5) is 0 Å². The number of benzene rings is 1. The maximum absolute atomic E-state index is 12.7. The summed E-state index contributed by atoms with van der Waals surface area (Å²) in [5.41, 5.74) is 1.30. The summed E-state index contributed by atoms with van der Waals surface area (Å²) < 4.78 is 4.72. The van der Waals surface area contributed by atoms with Crippen LogP contribution in [0.3, 0.4) is 0 Å². The zero-order valence-corrected chi connectivity index (χ0v) is 18.1. The lowest BCUT2D eigenvalue weighted by molar-refractivity contribution is -0.138. The average Bonchev–Trinajstić information content (AvgIpc) is 3.21. The molecule has 1 aliphatic carbocycles. The molecule has 0 atom stereocenters. The molecule has 0 saturated heterocycles. The Hall–Kier alpha value is -2.57. The highest BCUT2D eigenvalue weighted by molar-refractivity contribution is 5.89. The number of nitrogens with zero attached hydrogens (tertiary/aromatic N) is 2. The topological polar surface area (TPSA) is 83.0 Å². The second kappa shape index (κ2) is 10.8. The van der Waals surface area contributed by atoms with Crippen molar-refractivity contribution in [2.45, 2.75) is 39.0 Å². The van der Waals surface area contributed by atoms with Crippen LogP contribution in [0.15, 0.2) is 29.3 Å². The van der Waals surface area contributed by atoms with Gasteiger partial charge in [-0.2, -0.15) is 0 Å². The zero-order valence-electron chi connectivity index (χ0n) is 18.1. The Morgan fingerprint density at radius 3 is 2.34 bits per heavy atom. The van der Waals surface area contributed by atoms with E-state index in [1.54, 1.807) is 17.0 Å². The van der Waals surface area contributed by atoms with E-state index in [2.05, 4.69) is 10.6 Å². The number of guanidine groups is 1. The van der Waals surface area contributed by atoms with Gasteiger partial charge in [0.25, 0.3) is 0 Å². The number of esters is 1. The van der Waals surface area contributed by atoms with Crippen molar-refractivity contribution in [1.82, 2.24) is 15.5 Å². The van der Waals surface area contributed by atoms with Crippen molar-refractivity contribution in [2.75, 3.05) is 40.8 Å². The average molecular weight is 403 g/mol.